The van der Waals surface area contributed by atoms with Gasteiger partial charge in [-0.25, -0.2) is 0 Å². The van der Waals surface area contributed by atoms with Crippen molar-refractivity contribution >= 4 is 31.0 Å². The average Bonchev–Trinajstić information content (AvgIpc) is 3.24. The van der Waals surface area contributed by atoms with Gasteiger partial charge in [-0.3, -0.25) is 0 Å². The van der Waals surface area contributed by atoms with Crippen LogP contribution in [0.5, 0.6) is 11.5 Å². The van der Waals surface area contributed by atoms with Crippen molar-refractivity contribution in [2.75, 3.05) is 0 Å². The minimum atomic E-state index is -6.12. The highest BCUT2D eigenvalue weighted by Gasteiger charge is 2.52. The lowest BCUT2D eigenvalue weighted by molar-refractivity contribution is -0.0505. The highest BCUT2D eigenvalue weighted by Crippen LogP contribution is 2.59. The van der Waals surface area contributed by atoms with Gasteiger partial charge in [-0.05, 0) is 6.42 Å². The van der Waals surface area contributed by atoms with Gasteiger partial charge in [0.05, 0.1) is 0 Å². The standard InChI is InChI=1S/C17H10F6O6S2/c18-16(19,20)30(24,25)28-14-10-3-1-2-4-11(10)15(29-31(26,27)17(21,22)23)13-9-6-5-8(7-9)12(13)14/h1-6,8-9H,7H2/t8-,9+. The molecule has 2 aliphatic carbocycles. The first kappa shape index (κ1) is 21.7. The van der Waals surface area contributed by atoms with Crippen molar-refractivity contribution < 1.29 is 51.5 Å². The molecule has 31 heavy (non-hydrogen) atoms. The van der Waals surface area contributed by atoms with Crippen LogP contribution < -0.4 is 8.37 Å². The molecule has 0 spiro atoms. The van der Waals surface area contributed by atoms with Crippen molar-refractivity contribution in [2.24, 2.45) is 0 Å². The van der Waals surface area contributed by atoms with Gasteiger partial charge < -0.3 is 8.37 Å². The summed E-state index contributed by atoms with van der Waals surface area (Å²) in [4.78, 5) is 0. The Kier molecular flexibility index (Phi) is 4.57. The summed E-state index contributed by atoms with van der Waals surface area (Å²) in [5, 5.41) is -0.690. The number of rotatable bonds is 4. The fraction of sp³-hybridized carbons (Fsp3) is 0.294. The number of fused-ring (bicyclic) bond motifs is 6. The fourth-order valence-corrected chi connectivity index (χ4v) is 4.76. The first-order valence-corrected chi connectivity index (χ1v) is 11.2. The van der Waals surface area contributed by atoms with Crippen LogP contribution in [0.15, 0.2) is 36.4 Å². The lowest BCUT2D eigenvalue weighted by Crippen LogP contribution is -2.29. The van der Waals surface area contributed by atoms with Gasteiger partial charge >= 0.3 is 31.3 Å². The van der Waals surface area contributed by atoms with E-state index in [0.717, 1.165) is 12.1 Å². The largest absolute Gasteiger partial charge is 0.534 e. The molecular weight excluding hydrogens is 478 g/mol. The van der Waals surface area contributed by atoms with Crippen LogP contribution >= 0.6 is 0 Å². The number of alkyl halides is 6. The predicted octanol–water partition coefficient (Wildman–Crippen LogP) is 4.44. The Morgan fingerprint density at radius 3 is 1.39 bits per heavy atom. The van der Waals surface area contributed by atoms with E-state index < -0.39 is 54.6 Å². The predicted molar refractivity (Wildman–Crippen MR) is 94.4 cm³/mol. The number of halogens is 6. The van der Waals surface area contributed by atoms with Gasteiger partial charge in [-0.1, -0.05) is 36.4 Å². The third-order valence-corrected chi connectivity index (χ3v) is 6.88. The van der Waals surface area contributed by atoms with Crippen LogP contribution in [0.25, 0.3) is 10.8 Å². The van der Waals surface area contributed by atoms with Gasteiger partial charge in [0.2, 0.25) is 0 Å². The van der Waals surface area contributed by atoms with Crippen molar-refractivity contribution in [3.8, 4) is 11.5 Å². The normalized spacial score (nSPS) is 20.8. The molecule has 2 aliphatic rings. The van der Waals surface area contributed by atoms with E-state index >= 15 is 0 Å². The molecule has 2 bridgehead atoms. The number of benzene rings is 2. The Balaban J connectivity index is 2.03. The molecule has 0 radical (unpaired) electrons. The lowest BCUT2D eigenvalue weighted by Gasteiger charge is -2.23. The third kappa shape index (κ3) is 3.32. The molecule has 0 amide bonds. The summed E-state index contributed by atoms with van der Waals surface area (Å²) < 4.78 is 133. The van der Waals surface area contributed by atoms with E-state index in [-0.39, 0.29) is 28.3 Å². The van der Waals surface area contributed by atoms with Gasteiger partial charge in [0.15, 0.2) is 11.5 Å². The van der Waals surface area contributed by atoms with E-state index in [0.29, 0.717) is 0 Å². The first-order valence-electron chi connectivity index (χ1n) is 8.42. The number of allylic oxidation sites excluding steroid dienone is 2. The van der Waals surface area contributed by atoms with E-state index in [1.54, 1.807) is 0 Å². The minimum absolute atomic E-state index is 0.161. The monoisotopic (exact) mass is 488 g/mol. The van der Waals surface area contributed by atoms with Gasteiger partial charge in [0.1, 0.15) is 0 Å². The summed E-state index contributed by atoms with van der Waals surface area (Å²) in [5.41, 5.74) is -11.8. The molecule has 0 saturated carbocycles. The maximum Gasteiger partial charge on any atom is 0.534 e. The van der Waals surface area contributed by atoms with Crippen LogP contribution in [0.4, 0.5) is 26.3 Å². The van der Waals surface area contributed by atoms with Crippen molar-refractivity contribution in [3.63, 3.8) is 0 Å². The molecule has 14 heteroatoms. The SMILES string of the molecule is O=S(=O)(Oc1c2c(c(OS(=O)(=O)C(F)(F)F)c3ccccc13)[C@H]1C=C[C@@H]2C1)C(F)(F)F. The molecule has 6 nitrogen and oxygen atoms in total. The van der Waals surface area contributed by atoms with Crippen molar-refractivity contribution in [3.05, 3.63) is 47.5 Å². The van der Waals surface area contributed by atoms with E-state index in [1.165, 1.54) is 24.3 Å². The van der Waals surface area contributed by atoms with Crippen LogP contribution in [0.1, 0.15) is 29.4 Å². The van der Waals surface area contributed by atoms with E-state index in [9.17, 15) is 43.2 Å². The highest BCUT2D eigenvalue weighted by atomic mass is 32.2. The van der Waals surface area contributed by atoms with Crippen LogP contribution in [0, 0.1) is 0 Å². The summed E-state index contributed by atoms with van der Waals surface area (Å²) in [5.74, 6) is -2.84. The maximum absolute atomic E-state index is 12.9. The number of hydrogen-bond acceptors (Lipinski definition) is 6. The van der Waals surface area contributed by atoms with Crippen molar-refractivity contribution in [1.82, 2.24) is 0 Å². The first-order chi connectivity index (χ1) is 14.1. The second kappa shape index (κ2) is 6.51. The molecule has 0 fully saturated rings. The molecule has 0 N–H and O–H groups in total. The lowest BCUT2D eigenvalue weighted by atomic mass is 9.91. The minimum Gasteiger partial charge on any atom is -0.375 e. The fourth-order valence-electron chi connectivity index (χ4n) is 3.77. The Morgan fingerprint density at radius 2 is 1.06 bits per heavy atom. The summed E-state index contributed by atoms with van der Waals surface area (Å²) in [6.07, 6.45) is 3.23. The Morgan fingerprint density at radius 1 is 0.710 bits per heavy atom. The zero-order valence-electron chi connectivity index (χ0n) is 14.9. The Hall–Kier alpha value is -2.48. The second-order valence-corrected chi connectivity index (χ2v) is 9.91. The highest BCUT2D eigenvalue weighted by molar-refractivity contribution is 7.88. The summed E-state index contributed by atoms with van der Waals surface area (Å²) in [6.45, 7) is 0. The molecule has 168 valence electrons. The summed E-state index contributed by atoms with van der Waals surface area (Å²) >= 11 is 0. The smallest absolute Gasteiger partial charge is 0.375 e. The van der Waals surface area contributed by atoms with Crippen LogP contribution in [-0.2, 0) is 20.2 Å². The molecule has 2 aromatic rings. The molecule has 0 heterocycles. The zero-order chi connectivity index (χ0) is 23.0. The van der Waals surface area contributed by atoms with Gasteiger partial charge in [0.25, 0.3) is 0 Å². The quantitative estimate of drug-likeness (QED) is 0.274. The average molecular weight is 488 g/mol. The maximum atomic E-state index is 12.9. The molecule has 0 aromatic heterocycles. The van der Waals surface area contributed by atoms with Gasteiger partial charge in [0, 0.05) is 33.7 Å². The molecule has 2 aromatic carbocycles. The topological polar surface area (TPSA) is 86.7 Å². The molecular formula is C17H10F6O6S2. The van der Waals surface area contributed by atoms with Crippen molar-refractivity contribution in [1.29, 1.82) is 0 Å². The molecule has 0 aliphatic heterocycles. The Bertz CT molecular complexity index is 1230. The summed E-state index contributed by atoms with van der Waals surface area (Å²) in [6, 6.07) is 4.74. The molecule has 2 atom stereocenters. The third-order valence-electron chi connectivity index (χ3n) is 4.97. The molecule has 0 saturated heterocycles. The van der Waals surface area contributed by atoms with Crippen LogP contribution in [-0.4, -0.2) is 27.9 Å². The van der Waals surface area contributed by atoms with E-state index in [1.807, 2.05) is 0 Å². The van der Waals surface area contributed by atoms with E-state index in [2.05, 4.69) is 8.37 Å². The van der Waals surface area contributed by atoms with Gasteiger partial charge in [-0.2, -0.15) is 43.2 Å². The van der Waals surface area contributed by atoms with Gasteiger partial charge in [-0.15, -0.1) is 0 Å². The second-order valence-electron chi connectivity index (χ2n) is 6.83. The summed E-state index contributed by atoms with van der Waals surface area (Å²) in [7, 11) is -12.2. The molecule has 0 unspecified atom stereocenters. The Labute approximate surface area is 171 Å². The molecule has 4 rings (SSSR count). The number of hydrogen-bond donors (Lipinski definition) is 0. The van der Waals surface area contributed by atoms with Crippen LogP contribution in [0.3, 0.4) is 0 Å². The zero-order valence-corrected chi connectivity index (χ0v) is 16.5. The van der Waals surface area contributed by atoms with Crippen molar-refractivity contribution in [2.45, 2.75) is 29.3 Å². The van der Waals surface area contributed by atoms with Crippen LogP contribution in [0.2, 0.25) is 0 Å². The van der Waals surface area contributed by atoms with E-state index in [4.69, 9.17) is 0 Å².